The first-order valence-corrected chi connectivity index (χ1v) is 7.99. The van der Waals surface area contributed by atoms with E-state index < -0.39 is 0 Å². The Morgan fingerprint density at radius 2 is 1.78 bits per heavy atom. The highest BCUT2D eigenvalue weighted by atomic mass is 35.5. The van der Waals surface area contributed by atoms with Crippen molar-refractivity contribution in [2.45, 2.75) is 38.9 Å². The first-order valence-electron chi connectivity index (χ1n) is 7.61. The summed E-state index contributed by atoms with van der Waals surface area (Å²) in [6, 6.07) is 5.67. The summed E-state index contributed by atoms with van der Waals surface area (Å²) < 4.78 is 17.5. The number of para-hydroxylation sites is 1. The molecular weight excluding hydrogens is 310 g/mol. The van der Waals surface area contributed by atoms with E-state index in [-0.39, 0.29) is 18.3 Å². The maximum Gasteiger partial charge on any atom is 0.487 e. The molecule has 23 heavy (non-hydrogen) atoms. The van der Waals surface area contributed by atoms with Gasteiger partial charge in [-0.1, -0.05) is 48.4 Å². The van der Waals surface area contributed by atoms with Gasteiger partial charge in [0.1, 0.15) is 5.42 Å². The van der Waals surface area contributed by atoms with Crippen molar-refractivity contribution < 1.29 is 13.7 Å². The van der Waals surface area contributed by atoms with Crippen LogP contribution in [0.15, 0.2) is 34.7 Å². The largest absolute Gasteiger partial charge is 0.487 e. The molecule has 2 heterocycles. The molecule has 2 aromatic rings. The summed E-state index contributed by atoms with van der Waals surface area (Å²) in [6.45, 7) is 12.1. The normalized spacial score (nSPS) is 20.9. The molecule has 0 spiro atoms. The van der Waals surface area contributed by atoms with E-state index in [1.807, 2.05) is 58.0 Å². The molecule has 1 saturated heterocycles. The number of halogens is 1. The van der Waals surface area contributed by atoms with Crippen LogP contribution in [-0.4, -0.2) is 18.3 Å². The number of allylic oxidation sites excluding steroid dienone is 1. The van der Waals surface area contributed by atoms with Crippen molar-refractivity contribution in [3.63, 3.8) is 0 Å². The average molecular weight is 331 g/mol. The second-order valence-electron chi connectivity index (χ2n) is 6.73. The Morgan fingerprint density at radius 1 is 1.13 bits per heavy atom. The Hall–Kier alpha value is -1.49. The monoisotopic (exact) mass is 330 g/mol. The van der Waals surface area contributed by atoms with Crippen molar-refractivity contribution in [1.29, 1.82) is 0 Å². The molecule has 1 aromatic carbocycles. The van der Waals surface area contributed by atoms with E-state index in [2.05, 4.69) is 6.58 Å². The van der Waals surface area contributed by atoms with E-state index >= 15 is 0 Å². The fourth-order valence-electron chi connectivity index (χ4n) is 2.55. The van der Waals surface area contributed by atoms with Crippen LogP contribution in [0.5, 0.6) is 0 Å². The zero-order chi connectivity index (χ0) is 16.8. The van der Waals surface area contributed by atoms with Gasteiger partial charge >= 0.3 is 7.12 Å². The van der Waals surface area contributed by atoms with Crippen molar-refractivity contribution >= 4 is 42.3 Å². The molecule has 1 aliphatic rings. The lowest BCUT2D eigenvalue weighted by Crippen LogP contribution is -2.41. The van der Waals surface area contributed by atoms with Gasteiger partial charge < -0.3 is 13.7 Å². The minimum absolute atomic E-state index is 0.338. The number of rotatable bonds is 2. The smallest absolute Gasteiger partial charge is 0.455 e. The second kappa shape index (κ2) is 5.55. The lowest BCUT2D eigenvalue weighted by Gasteiger charge is -2.32. The molecule has 1 aromatic heterocycles. The number of furan rings is 1. The minimum Gasteiger partial charge on any atom is -0.455 e. The number of hydrogen-bond donors (Lipinski definition) is 0. The zero-order valence-corrected chi connectivity index (χ0v) is 14.6. The van der Waals surface area contributed by atoms with E-state index in [0.29, 0.717) is 16.0 Å². The molecule has 0 aliphatic carbocycles. The summed E-state index contributed by atoms with van der Waals surface area (Å²) in [6.07, 6.45) is 3.84. The van der Waals surface area contributed by atoms with Gasteiger partial charge in [-0.2, -0.15) is 0 Å². The second-order valence-corrected chi connectivity index (χ2v) is 7.14. The van der Waals surface area contributed by atoms with Crippen LogP contribution in [0.4, 0.5) is 0 Å². The molecule has 0 unspecified atom stereocenters. The van der Waals surface area contributed by atoms with Gasteiger partial charge in [0, 0.05) is 10.6 Å². The van der Waals surface area contributed by atoms with Crippen molar-refractivity contribution in [3.8, 4) is 0 Å². The van der Waals surface area contributed by atoms with Gasteiger partial charge in [-0.05, 0) is 33.8 Å². The van der Waals surface area contributed by atoms with Gasteiger partial charge in [0.05, 0.1) is 16.2 Å². The number of hydrogen-bond acceptors (Lipinski definition) is 3. The Labute approximate surface area is 141 Å². The predicted octanol–water partition coefficient (Wildman–Crippen LogP) is 3.46. The fraction of sp³-hybridized carbons (Fsp3) is 0.333. The van der Waals surface area contributed by atoms with E-state index in [1.165, 1.54) is 0 Å². The molecule has 0 atom stereocenters. The average Bonchev–Trinajstić information content (AvgIpc) is 2.86. The van der Waals surface area contributed by atoms with E-state index in [4.69, 9.17) is 25.3 Å². The molecule has 5 heteroatoms. The molecule has 3 nitrogen and oxygen atoms in total. The summed E-state index contributed by atoms with van der Waals surface area (Å²) >= 11 is 6.15. The summed E-state index contributed by atoms with van der Waals surface area (Å²) in [4.78, 5) is 0. The number of benzene rings is 1. The molecule has 1 fully saturated rings. The van der Waals surface area contributed by atoms with Crippen LogP contribution in [0.3, 0.4) is 0 Å². The lowest BCUT2D eigenvalue weighted by molar-refractivity contribution is 0.00578. The van der Waals surface area contributed by atoms with Gasteiger partial charge in [-0.15, -0.1) is 0 Å². The molecule has 120 valence electrons. The van der Waals surface area contributed by atoms with E-state index in [0.717, 1.165) is 10.6 Å². The van der Waals surface area contributed by atoms with Crippen LogP contribution in [0, 0.1) is 0 Å². The van der Waals surface area contributed by atoms with Gasteiger partial charge in [0.15, 0.2) is 5.58 Å². The SMILES string of the molecule is C=c1oc2c(Cl)cccc2/c1=C/C=C/B1OC(C)(C)C(C)(C)O1. The van der Waals surface area contributed by atoms with Crippen LogP contribution in [0.25, 0.3) is 23.6 Å². The van der Waals surface area contributed by atoms with E-state index in [9.17, 15) is 0 Å². The third kappa shape index (κ3) is 2.87. The van der Waals surface area contributed by atoms with Crippen LogP contribution in [0.1, 0.15) is 27.7 Å². The first kappa shape index (κ1) is 16.4. The molecule has 0 saturated carbocycles. The Kier molecular flexibility index (Phi) is 3.95. The molecule has 1 aliphatic heterocycles. The maximum atomic E-state index is 6.15. The van der Waals surface area contributed by atoms with Crippen LogP contribution >= 0.6 is 11.6 Å². The highest BCUT2D eigenvalue weighted by Gasteiger charge is 2.49. The van der Waals surface area contributed by atoms with Gasteiger partial charge in [0.25, 0.3) is 0 Å². The first-order chi connectivity index (χ1) is 10.7. The lowest BCUT2D eigenvalue weighted by atomic mass is 9.90. The van der Waals surface area contributed by atoms with Crippen molar-refractivity contribution in [2.75, 3.05) is 0 Å². The molecular formula is C18H20BClO3. The molecule has 0 N–H and O–H groups in total. The highest BCUT2D eigenvalue weighted by Crippen LogP contribution is 2.36. The molecule has 0 bridgehead atoms. The third-order valence-corrected chi connectivity index (χ3v) is 4.88. The molecule has 0 radical (unpaired) electrons. The standard InChI is InChI=1S/C18H20BClO3/c1-12-13(14-8-6-10-15(20)16(14)21-12)9-7-11-19-22-17(2,3)18(4,5)23-19/h6-11H,1H2,2-5H3/b11-7+,13-9+. The van der Waals surface area contributed by atoms with Crippen molar-refractivity contribution in [2.24, 2.45) is 0 Å². The van der Waals surface area contributed by atoms with Crippen LogP contribution < -0.4 is 10.6 Å². The molecule has 3 rings (SSSR count). The summed E-state index contributed by atoms with van der Waals surface area (Å²) in [5.74, 6) is 1.89. The van der Waals surface area contributed by atoms with Crippen LogP contribution in [0.2, 0.25) is 5.02 Å². The third-order valence-electron chi connectivity index (χ3n) is 4.59. The Bertz CT molecular complexity index is 864. The quantitative estimate of drug-likeness (QED) is 0.790. The van der Waals surface area contributed by atoms with E-state index in [1.54, 1.807) is 6.07 Å². The number of fused-ring (bicyclic) bond motifs is 1. The fourth-order valence-corrected chi connectivity index (χ4v) is 2.76. The van der Waals surface area contributed by atoms with Gasteiger partial charge in [-0.3, -0.25) is 0 Å². The zero-order valence-electron chi connectivity index (χ0n) is 13.9. The summed E-state index contributed by atoms with van der Waals surface area (Å²) in [5, 5.41) is 2.44. The van der Waals surface area contributed by atoms with Crippen molar-refractivity contribution in [3.05, 3.63) is 45.9 Å². The topological polar surface area (TPSA) is 31.6 Å². The predicted molar refractivity (Wildman–Crippen MR) is 95.7 cm³/mol. The Balaban J connectivity index is 1.92. The minimum atomic E-state index is -0.369. The van der Waals surface area contributed by atoms with Gasteiger partial charge in [0.2, 0.25) is 0 Å². The summed E-state index contributed by atoms with van der Waals surface area (Å²) in [5.41, 5.74) is 0.575. The van der Waals surface area contributed by atoms with Crippen LogP contribution in [-0.2, 0) is 9.31 Å². The Morgan fingerprint density at radius 3 is 2.43 bits per heavy atom. The van der Waals surface area contributed by atoms with Crippen molar-refractivity contribution in [1.82, 2.24) is 0 Å². The maximum absolute atomic E-state index is 6.15. The van der Waals surface area contributed by atoms with Gasteiger partial charge in [-0.25, -0.2) is 0 Å². The molecule has 0 amide bonds. The highest BCUT2D eigenvalue weighted by molar-refractivity contribution is 6.51. The summed E-state index contributed by atoms with van der Waals surface area (Å²) in [7, 11) is -0.369.